The predicted molar refractivity (Wildman–Crippen MR) is 90.6 cm³/mol. The molecule has 0 spiro atoms. The summed E-state index contributed by atoms with van der Waals surface area (Å²) in [5.74, 6) is 0.883. The van der Waals surface area contributed by atoms with E-state index in [2.05, 4.69) is 44.2 Å². The Morgan fingerprint density at radius 2 is 2.04 bits per heavy atom. The molecule has 0 radical (unpaired) electrons. The Kier molecular flexibility index (Phi) is 5.37. The highest BCUT2D eigenvalue weighted by atomic mass is 16.5. The zero-order valence-electron chi connectivity index (χ0n) is 14.7. The quantitative estimate of drug-likeness (QED) is 0.819. The lowest BCUT2D eigenvalue weighted by molar-refractivity contribution is 0.0886. The van der Waals surface area contributed by atoms with E-state index >= 15 is 0 Å². The standard InChI is InChI=1S/C17H24N6O2/c1-3-23(4-2)12-14-20-16(22-25-14)17(7-5-6-8-17)21-15(24)13-11-18-9-10-19-13/h9-11H,3-8,12H2,1-2H3,(H,21,24). The minimum atomic E-state index is -0.584. The number of amides is 1. The maximum atomic E-state index is 12.5. The third-order valence-corrected chi connectivity index (χ3v) is 4.76. The highest BCUT2D eigenvalue weighted by Gasteiger charge is 2.41. The fraction of sp³-hybridized carbons (Fsp3) is 0.588. The lowest BCUT2D eigenvalue weighted by Gasteiger charge is -2.26. The zero-order valence-corrected chi connectivity index (χ0v) is 14.7. The fourth-order valence-corrected chi connectivity index (χ4v) is 3.23. The van der Waals surface area contributed by atoms with Gasteiger partial charge in [0.1, 0.15) is 11.2 Å². The van der Waals surface area contributed by atoms with Gasteiger partial charge in [0.05, 0.1) is 12.7 Å². The number of nitrogens with one attached hydrogen (secondary N) is 1. The second-order valence-electron chi connectivity index (χ2n) is 6.31. The van der Waals surface area contributed by atoms with Crippen molar-refractivity contribution in [2.75, 3.05) is 13.1 Å². The van der Waals surface area contributed by atoms with Gasteiger partial charge < -0.3 is 9.84 Å². The molecule has 3 rings (SSSR count). The lowest BCUT2D eigenvalue weighted by Crippen LogP contribution is -2.45. The largest absolute Gasteiger partial charge is 0.338 e. The van der Waals surface area contributed by atoms with Crippen LogP contribution in [0.4, 0.5) is 0 Å². The molecule has 0 bridgehead atoms. The molecule has 1 fully saturated rings. The molecule has 25 heavy (non-hydrogen) atoms. The monoisotopic (exact) mass is 344 g/mol. The number of carbonyl (C=O) groups excluding carboxylic acids is 1. The molecule has 0 atom stereocenters. The molecule has 0 aliphatic heterocycles. The molecule has 1 saturated carbocycles. The van der Waals surface area contributed by atoms with E-state index in [1.54, 1.807) is 6.20 Å². The van der Waals surface area contributed by atoms with Crippen molar-refractivity contribution in [2.45, 2.75) is 51.6 Å². The summed E-state index contributed by atoms with van der Waals surface area (Å²) in [5, 5.41) is 7.25. The van der Waals surface area contributed by atoms with Crippen LogP contribution in [-0.2, 0) is 12.1 Å². The topological polar surface area (TPSA) is 97.0 Å². The fourth-order valence-electron chi connectivity index (χ4n) is 3.23. The second kappa shape index (κ2) is 7.69. The number of hydrogen-bond donors (Lipinski definition) is 1. The van der Waals surface area contributed by atoms with E-state index < -0.39 is 5.54 Å². The molecule has 2 aromatic rings. The molecule has 1 aliphatic carbocycles. The van der Waals surface area contributed by atoms with Crippen molar-refractivity contribution in [3.05, 3.63) is 36.0 Å². The maximum Gasteiger partial charge on any atom is 0.272 e. The van der Waals surface area contributed by atoms with Crippen molar-refractivity contribution in [3.63, 3.8) is 0 Å². The second-order valence-corrected chi connectivity index (χ2v) is 6.31. The Labute approximate surface area is 147 Å². The first kappa shape index (κ1) is 17.5. The van der Waals surface area contributed by atoms with Gasteiger partial charge in [-0.05, 0) is 25.9 Å². The Bertz CT molecular complexity index is 692. The van der Waals surface area contributed by atoms with E-state index in [4.69, 9.17) is 4.52 Å². The lowest BCUT2D eigenvalue weighted by atomic mass is 9.96. The van der Waals surface area contributed by atoms with Gasteiger partial charge in [0.2, 0.25) is 5.89 Å². The molecule has 2 heterocycles. The van der Waals surface area contributed by atoms with E-state index in [-0.39, 0.29) is 5.91 Å². The predicted octanol–water partition coefficient (Wildman–Crippen LogP) is 1.90. The molecule has 0 saturated heterocycles. The van der Waals surface area contributed by atoms with Gasteiger partial charge in [0, 0.05) is 12.4 Å². The molecule has 1 amide bonds. The van der Waals surface area contributed by atoms with Gasteiger partial charge in [0.15, 0.2) is 5.82 Å². The van der Waals surface area contributed by atoms with Crippen molar-refractivity contribution in [2.24, 2.45) is 0 Å². The van der Waals surface area contributed by atoms with Gasteiger partial charge in [0.25, 0.3) is 5.91 Å². The Morgan fingerprint density at radius 3 is 2.68 bits per heavy atom. The van der Waals surface area contributed by atoms with Gasteiger partial charge in [-0.15, -0.1) is 0 Å². The summed E-state index contributed by atoms with van der Waals surface area (Å²) in [5.41, 5.74) is -0.291. The van der Waals surface area contributed by atoms with Crippen LogP contribution in [0.2, 0.25) is 0 Å². The zero-order chi connectivity index (χ0) is 17.7. The average Bonchev–Trinajstić information content (AvgIpc) is 3.30. The van der Waals surface area contributed by atoms with Crippen molar-refractivity contribution in [3.8, 4) is 0 Å². The highest BCUT2D eigenvalue weighted by Crippen LogP contribution is 2.37. The van der Waals surface area contributed by atoms with Gasteiger partial charge in [-0.1, -0.05) is 31.8 Å². The summed E-state index contributed by atoms with van der Waals surface area (Å²) >= 11 is 0. The SMILES string of the molecule is CCN(CC)Cc1nc(C2(NC(=O)c3cnccn3)CCCC2)no1. The molecular weight excluding hydrogens is 320 g/mol. The minimum absolute atomic E-state index is 0.259. The average molecular weight is 344 g/mol. The molecule has 2 aromatic heterocycles. The van der Waals surface area contributed by atoms with Gasteiger partial charge >= 0.3 is 0 Å². The van der Waals surface area contributed by atoms with Crippen LogP contribution in [0.1, 0.15) is 61.7 Å². The summed E-state index contributed by atoms with van der Waals surface area (Å²) in [6.07, 6.45) is 8.13. The van der Waals surface area contributed by atoms with Crippen molar-refractivity contribution < 1.29 is 9.32 Å². The van der Waals surface area contributed by atoms with E-state index in [1.165, 1.54) is 12.4 Å². The van der Waals surface area contributed by atoms with Crippen LogP contribution in [0, 0.1) is 0 Å². The molecular formula is C17H24N6O2. The molecule has 8 heteroatoms. The Hall–Kier alpha value is -2.35. The molecule has 0 aromatic carbocycles. The number of rotatable bonds is 7. The summed E-state index contributed by atoms with van der Waals surface area (Å²) in [6, 6.07) is 0. The van der Waals surface area contributed by atoms with Crippen molar-refractivity contribution in [1.82, 2.24) is 30.3 Å². The van der Waals surface area contributed by atoms with Crippen LogP contribution in [0.3, 0.4) is 0 Å². The van der Waals surface area contributed by atoms with Crippen molar-refractivity contribution in [1.29, 1.82) is 0 Å². The summed E-state index contributed by atoms with van der Waals surface area (Å²) in [7, 11) is 0. The summed E-state index contributed by atoms with van der Waals surface area (Å²) < 4.78 is 5.44. The number of aromatic nitrogens is 4. The van der Waals surface area contributed by atoms with Crippen molar-refractivity contribution >= 4 is 5.91 Å². The summed E-state index contributed by atoms with van der Waals surface area (Å²) in [6.45, 7) is 6.65. The van der Waals surface area contributed by atoms with Crippen LogP contribution in [0.15, 0.2) is 23.1 Å². The summed E-state index contributed by atoms with van der Waals surface area (Å²) in [4.78, 5) is 27.3. The van der Waals surface area contributed by atoms with E-state index in [0.717, 1.165) is 38.8 Å². The van der Waals surface area contributed by atoms with Crippen LogP contribution in [-0.4, -0.2) is 44.0 Å². The molecule has 134 valence electrons. The molecule has 8 nitrogen and oxygen atoms in total. The molecule has 0 unspecified atom stereocenters. The van der Waals surface area contributed by atoms with Crippen LogP contribution < -0.4 is 5.32 Å². The van der Waals surface area contributed by atoms with E-state index in [9.17, 15) is 4.79 Å². The van der Waals surface area contributed by atoms with Gasteiger partial charge in [-0.2, -0.15) is 4.98 Å². The third kappa shape index (κ3) is 3.84. The maximum absolute atomic E-state index is 12.5. The van der Waals surface area contributed by atoms with Crippen LogP contribution >= 0.6 is 0 Å². The number of carbonyl (C=O) groups is 1. The number of nitrogens with zero attached hydrogens (tertiary/aromatic N) is 5. The molecule has 1 N–H and O–H groups in total. The molecule has 1 aliphatic rings. The first-order valence-electron chi connectivity index (χ1n) is 8.81. The smallest absolute Gasteiger partial charge is 0.272 e. The van der Waals surface area contributed by atoms with E-state index in [1.807, 2.05) is 0 Å². The van der Waals surface area contributed by atoms with Crippen LogP contribution in [0.25, 0.3) is 0 Å². The normalized spacial score (nSPS) is 16.3. The first-order chi connectivity index (χ1) is 12.2. The Balaban J connectivity index is 1.79. The Morgan fingerprint density at radius 1 is 1.28 bits per heavy atom. The highest BCUT2D eigenvalue weighted by molar-refractivity contribution is 5.92. The first-order valence-corrected chi connectivity index (χ1v) is 8.81. The van der Waals surface area contributed by atoms with Gasteiger partial charge in [-0.25, -0.2) is 4.98 Å². The minimum Gasteiger partial charge on any atom is -0.338 e. The van der Waals surface area contributed by atoms with E-state index in [0.29, 0.717) is 24.0 Å². The van der Waals surface area contributed by atoms with Gasteiger partial charge in [-0.3, -0.25) is 14.7 Å². The number of hydrogen-bond acceptors (Lipinski definition) is 7. The van der Waals surface area contributed by atoms with Crippen LogP contribution in [0.5, 0.6) is 0 Å². The third-order valence-electron chi connectivity index (χ3n) is 4.76.